The topological polar surface area (TPSA) is 88.9 Å². The summed E-state index contributed by atoms with van der Waals surface area (Å²) in [5.74, 6) is 0.362. The van der Waals surface area contributed by atoms with Gasteiger partial charge in [0.15, 0.2) is 0 Å². The van der Waals surface area contributed by atoms with Gasteiger partial charge in [-0.15, -0.1) is 0 Å². The van der Waals surface area contributed by atoms with Crippen molar-refractivity contribution in [3.63, 3.8) is 0 Å². The van der Waals surface area contributed by atoms with Crippen molar-refractivity contribution in [3.8, 4) is 0 Å². The van der Waals surface area contributed by atoms with Gasteiger partial charge in [-0.05, 0) is 6.92 Å². The standard InChI is InChI=1S/C5H5N3O3/c1-3-6-2-4(8(10)11)5(9)7-3/h2H,1H3,(H,6,7,9). The minimum Gasteiger partial charge on any atom is -0.305 e. The van der Waals surface area contributed by atoms with Crippen LogP contribution in [0.15, 0.2) is 11.0 Å². The highest BCUT2D eigenvalue weighted by molar-refractivity contribution is 5.20. The first kappa shape index (κ1) is 7.39. The quantitative estimate of drug-likeness (QED) is 0.456. The molecule has 1 heterocycles. The summed E-state index contributed by atoms with van der Waals surface area (Å²) in [4.78, 5) is 25.8. The molecule has 11 heavy (non-hydrogen) atoms. The Bertz CT molecular complexity index is 343. The fourth-order valence-corrected chi connectivity index (χ4v) is 0.607. The van der Waals surface area contributed by atoms with Crippen molar-refractivity contribution >= 4 is 5.69 Å². The zero-order valence-corrected chi connectivity index (χ0v) is 5.70. The van der Waals surface area contributed by atoms with Crippen molar-refractivity contribution in [1.29, 1.82) is 0 Å². The number of aromatic amines is 1. The molecule has 1 rings (SSSR count). The number of nitrogens with zero attached hydrogens (tertiary/aromatic N) is 2. The third-order valence-electron chi connectivity index (χ3n) is 1.10. The Balaban J connectivity index is 3.32. The molecule has 1 aromatic rings. The summed E-state index contributed by atoms with van der Waals surface area (Å²) in [7, 11) is 0. The van der Waals surface area contributed by atoms with Crippen molar-refractivity contribution in [2.45, 2.75) is 6.92 Å². The molecule has 0 fully saturated rings. The van der Waals surface area contributed by atoms with Gasteiger partial charge < -0.3 is 4.98 Å². The lowest BCUT2D eigenvalue weighted by atomic mass is 10.5. The zero-order chi connectivity index (χ0) is 8.43. The van der Waals surface area contributed by atoms with Crippen LogP contribution >= 0.6 is 0 Å². The number of nitrogens with one attached hydrogen (secondary N) is 1. The average molecular weight is 155 g/mol. The molecule has 0 aliphatic heterocycles. The number of nitro groups is 1. The van der Waals surface area contributed by atoms with E-state index in [1.54, 1.807) is 6.92 Å². The zero-order valence-electron chi connectivity index (χ0n) is 5.70. The first-order valence-electron chi connectivity index (χ1n) is 2.81. The molecule has 0 radical (unpaired) electrons. The number of rotatable bonds is 1. The van der Waals surface area contributed by atoms with Crippen molar-refractivity contribution in [3.05, 3.63) is 32.5 Å². The smallest absolute Gasteiger partial charge is 0.305 e. The van der Waals surface area contributed by atoms with E-state index in [9.17, 15) is 14.9 Å². The second-order valence-corrected chi connectivity index (χ2v) is 1.94. The maximum absolute atomic E-state index is 10.7. The first-order chi connectivity index (χ1) is 5.11. The molecule has 0 aliphatic rings. The lowest BCUT2D eigenvalue weighted by molar-refractivity contribution is -0.386. The summed E-state index contributed by atoms with van der Waals surface area (Å²) >= 11 is 0. The molecule has 0 atom stereocenters. The minimum absolute atomic E-state index is 0.362. The molecular weight excluding hydrogens is 150 g/mol. The van der Waals surface area contributed by atoms with Crippen LogP contribution in [0.3, 0.4) is 0 Å². The van der Waals surface area contributed by atoms with E-state index in [2.05, 4.69) is 9.97 Å². The van der Waals surface area contributed by atoms with E-state index in [0.29, 0.717) is 5.82 Å². The predicted molar refractivity (Wildman–Crippen MR) is 36.2 cm³/mol. The van der Waals surface area contributed by atoms with E-state index >= 15 is 0 Å². The number of hydrogen-bond donors (Lipinski definition) is 1. The molecular formula is C5H5N3O3. The first-order valence-corrected chi connectivity index (χ1v) is 2.81. The van der Waals surface area contributed by atoms with Crippen molar-refractivity contribution < 1.29 is 4.92 Å². The molecule has 0 aromatic carbocycles. The Labute approximate surface area is 61.1 Å². The van der Waals surface area contributed by atoms with Crippen LogP contribution in [0.2, 0.25) is 0 Å². The monoisotopic (exact) mass is 155 g/mol. The van der Waals surface area contributed by atoms with Gasteiger partial charge in [0.1, 0.15) is 12.0 Å². The van der Waals surface area contributed by atoms with Crippen LogP contribution in [-0.4, -0.2) is 14.9 Å². The summed E-state index contributed by atoms with van der Waals surface area (Å²) in [6.07, 6.45) is 0.939. The van der Waals surface area contributed by atoms with Gasteiger partial charge in [-0.3, -0.25) is 14.9 Å². The Hall–Kier alpha value is -1.72. The van der Waals surface area contributed by atoms with E-state index in [-0.39, 0.29) is 0 Å². The van der Waals surface area contributed by atoms with Crippen LogP contribution in [0.4, 0.5) is 5.69 Å². The maximum atomic E-state index is 10.7. The van der Waals surface area contributed by atoms with E-state index < -0.39 is 16.2 Å². The van der Waals surface area contributed by atoms with Gasteiger partial charge >= 0.3 is 11.2 Å². The van der Waals surface area contributed by atoms with Crippen LogP contribution in [0.5, 0.6) is 0 Å². The number of H-pyrrole nitrogens is 1. The lowest BCUT2D eigenvalue weighted by Gasteiger charge is -1.89. The molecule has 0 bridgehead atoms. The highest BCUT2D eigenvalue weighted by Crippen LogP contribution is 1.97. The van der Waals surface area contributed by atoms with Gasteiger partial charge in [0.2, 0.25) is 0 Å². The number of aryl methyl sites for hydroxylation is 1. The summed E-state index contributed by atoms with van der Waals surface area (Å²) in [5.41, 5.74) is -1.25. The summed E-state index contributed by atoms with van der Waals surface area (Å²) in [5, 5.41) is 10.1. The van der Waals surface area contributed by atoms with Gasteiger partial charge in [-0.2, -0.15) is 0 Å². The molecule has 58 valence electrons. The van der Waals surface area contributed by atoms with E-state index in [1.165, 1.54) is 0 Å². The number of hydrogen-bond acceptors (Lipinski definition) is 4. The second kappa shape index (κ2) is 2.49. The third-order valence-corrected chi connectivity index (χ3v) is 1.10. The SMILES string of the molecule is Cc1ncc([N+](=O)[O-])c(=O)[nH]1. The Kier molecular flexibility index (Phi) is 1.67. The predicted octanol–water partition coefficient (Wildman–Crippen LogP) is -0.0135. The van der Waals surface area contributed by atoms with Crippen LogP contribution < -0.4 is 5.56 Å². The summed E-state index contributed by atoms with van der Waals surface area (Å²) in [6.45, 7) is 1.55. The minimum atomic E-state index is -0.773. The van der Waals surface area contributed by atoms with Crippen molar-refractivity contribution in [1.82, 2.24) is 9.97 Å². The summed E-state index contributed by atoms with van der Waals surface area (Å²) in [6, 6.07) is 0. The molecule has 6 nitrogen and oxygen atoms in total. The maximum Gasteiger partial charge on any atom is 0.351 e. The van der Waals surface area contributed by atoms with E-state index in [0.717, 1.165) is 6.20 Å². The van der Waals surface area contributed by atoms with E-state index in [4.69, 9.17) is 0 Å². The molecule has 0 amide bonds. The van der Waals surface area contributed by atoms with Crippen LogP contribution in [0, 0.1) is 17.0 Å². The average Bonchev–Trinajstić information content (AvgIpc) is 1.85. The van der Waals surface area contributed by atoms with Gasteiger partial charge in [0, 0.05) is 0 Å². The molecule has 0 saturated carbocycles. The highest BCUT2D eigenvalue weighted by atomic mass is 16.6. The van der Waals surface area contributed by atoms with Gasteiger partial charge in [0.05, 0.1) is 4.92 Å². The molecule has 0 unspecified atom stereocenters. The fraction of sp³-hybridized carbons (Fsp3) is 0.200. The van der Waals surface area contributed by atoms with Crippen LogP contribution in [0.1, 0.15) is 5.82 Å². The molecule has 6 heteroatoms. The molecule has 1 N–H and O–H groups in total. The Morgan fingerprint density at radius 3 is 2.82 bits per heavy atom. The van der Waals surface area contributed by atoms with Crippen LogP contribution in [-0.2, 0) is 0 Å². The largest absolute Gasteiger partial charge is 0.351 e. The Morgan fingerprint density at radius 2 is 2.36 bits per heavy atom. The number of aromatic nitrogens is 2. The highest BCUT2D eigenvalue weighted by Gasteiger charge is 2.10. The molecule has 0 spiro atoms. The third kappa shape index (κ3) is 1.40. The van der Waals surface area contributed by atoms with Gasteiger partial charge in [-0.1, -0.05) is 0 Å². The fourth-order valence-electron chi connectivity index (χ4n) is 0.607. The normalized spacial score (nSPS) is 9.55. The van der Waals surface area contributed by atoms with E-state index in [1.807, 2.05) is 0 Å². The molecule has 0 saturated heterocycles. The van der Waals surface area contributed by atoms with Gasteiger partial charge in [-0.25, -0.2) is 4.98 Å². The summed E-state index contributed by atoms with van der Waals surface area (Å²) < 4.78 is 0. The van der Waals surface area contributed by atoms with Crippen LogP contribution in [0.25, 0.3) is 0 Å². The van der Waals surface area contributed by atoms with Crippen molar-refractivity contribution in [2.75, 3.05) is 0 Å². The lowest BCUT2D eigenvalue weighted by Crippen LogP contribution is -2.13. The Morgan fingerprint density at radius 1 is 1.73 bits per heavy atom. The van der Waals surface area contributed by atoms with Crippen molar-refractivity contribution in [2.24, 2.45) is 0 Å². The second-order valence-electron chi connectivity index (χ2n) is 1.94. The molecule has 1 aromatic heterocycles. The van der Waals surface area contributed by atoms with Gasteiger partial charge in [0.25, 0.3) is 0 Å². The molecule has 0 aliphatic carbocycles.